The zero-order chi connectivity index (χ0) is 25.3. The van der Waals surface area contributed by atoms with Gasteiger partial charge in [0.15, 0.2) is 0 Å². The second-order valence-corrected chi connectivity index (χ2v) is 9.69. The minimum Gasteiger partial charge on any atom is -0.497 e. The maximum absolute atomic E-state index is 12.2. The van der Waals surface area contributed by atoms with Crippen LogP contribution in [0.25, 0.3) is 0 Å². The number of ether oxygens (including phenoxy) is 5. The highest BCUT2D eigenvalue weighted by atomic mass is 16.6. The van der Waals surface area contributed by atoms with Gasteiger partial charge < -0.3 is 28.8 Å². The van der Waals surface area contributed by atoms with Crippen LogP contribution in [0.4, 0.5) is 0 Å². The van der Waals surface area contributed by atoms with E-state index < -0.39 is 23.6 Å². The van der Waals surface area contributed by atoms with Gasteiger partial charge in [-0.15, -0.1) is 0 Å². The van der Waals surface area contributed by atoms with Gasteiger partial charge in [0, 0.05) is 11.5 Å². The van der Waals surface area contributed by atoms with Crippen molar-refractivity contribution in [3.63, 3.8) is 0 Å². The van der Waals surface area contributed by atoms with Crippen molar-refractivity contribution in [3.8, 4) is 28.7 Å². The van der Waals surface area contributed by atoms with E-state index >= 15 is 0 Å². The Kier molecular flexibility index (Phi) is 6.49. The molecule has 2 aliphatic heterocycles. The number of methoxy groups -OCH3 is 1. The lowest BCUT2D eigenvalue weighted by atomic mass is 9.72. The number of benzene rings is 3. The summed E-state index contributed by atoms with van der Waals surface area (Å²) in [6.07, 6.45) is -0.582. The van der Waals surface area contributed by atoms with Crippen LogP contribution in [0.15, 0.2) is 72.8 Å². The molecular weight excluding hydrogens is 460 g/mol. The Labute approximate surface area is 210 Å². The number of hydrogen-bond acceptors (Lipinski definition) is 6. The van der Waals surface area contributed by atoms with Crippen LogP contribution >= 0.6 is 0 Å². The first kappa shape index (κ1) is 24.0. The molecule has 0 radical (unpaired) electrons. The van der Waals surface area contributed by atoms with E-state index in [4.69, 9.17) is 23.7 Å². The van der Waals surface area contributed by atoms with Gasteiger partial charge in [-0.3, -0.25) is 4.79 Å². The summed E-state index contributed by atoms with van der Waals surface area (Å²) in [4.78, 5) is 12.2. The third-order valence-electron chi connectivity index (χ3n) is 6.97. The van der Waals surface area contributed by atoms with Gasteiger partial charge in [-0.25, -0.2) is 0 Å². The Balaban J connectivity index is 1.41. The highest BCUT2D eigenvalue weighted by Crippen LogP contribution is 2.52. The molecule has 0 unspecified atom stereocenters. The Morgan fingerprint density at radius 2 is 1.67 bits per heavy atom. The molecule has 3 aromatic rings. The minimum absolute atomic E-state index is 0.114. The third-order valence-corrected chi connectivity index (χ3v) is 6.97. The lowest BCUT2D eigenvalue weighted by Gasteiger charge is -2.50. The summed E-state index contributed by atoms with van der Waals surface area (Å²) < 4.78 is 30.1. The number of carboxylic acid groups (broad SMARTS) is 1. The highest BCUT2D eigenvalue weighted by molar-refractivity contribution is 5.71. The van der Waals surface area contributed by atoms with Crippen LogP contribution in [0.3, 0.4) is 0 Å². The number of rotatable bonds is 7. The lowest BCUT2D eigenvalue weighted by molar-refractivity contribution is -0.192. The van der Waals surface area contributed by atoms with E-state index in [2.05, 4.69) is 0 Å². The molecule has 7 nitrogen and oxygen atoms in total. The molecule has 7 heteroatoms. The number of para-hydroxylation sites is 1. The van der Waals surface area contributed by atoms with Crippen LogP contribution in [0.2, 0.25) is 0 Å². The molecule has 2 heterocycles. The molecule has 5 rings (SSSR count). The second-order valence-electron chi connectivity index (χ2n) is 9.69. The maximum atomic E-state index is 12.2. The molecule has 188 valence electrons. The van der Waals surface area contributed by atoms with E-state index in [0.29, 0.717) is 23.7 Å². The first-order valence-electron chi connectivity index (χ1n) is 12.0. The average Bonchev–Trinajstić information content (AvgIpc) is 2.88. The van der Waals surface area contributed by atoms with Crippen molar-refractivity contribution in [1.29, 1.82) is 0 Å². The quantitative estimate of drug-likeness (QED) is 0.442. The molecule has 1 fully saturated rings. The molecule has 36 heavy (non-hydrogen) atoms. The molecule has 0 spiro atoms. The van der Waals surface area contributed by atoms with Gasteiger partial charge in [-0.1, -0.05) is 18.2 Å². The molecule has 1 saturated heterocycles. The summed E-state index contributed by atoms with van der Waals surface area (Å²) in [6, 6.07) is 22.4. The van der Waals surface area contributed by atoms with Gasteiger partial charge >= 0.3 is 5.97 Å². The van der Waals surface area contributed by atoms with Crippen molar-refractivity contribution in [1.82, 2.24) is 0 Å². The van der Waals surface area contributed by atoms with Gasteiger partial charge in [-0.05, 0) is 74.9 Å². The van der Waals surface area contributed by atoms with E-state index in [1.807, 2.05) is 62.4 Å². The minimum atomic E-state index is -0.903. The molecule has 0 amide bonds. The van der Waals surface area contributed by atoms with Crippen LogP contribution in [-0.2, 0) is 9.53 Å². The number of fused-ring (bicyclic) bond motifs is 3. The van der Waals surface area contributed by atoms with Crippen LogP contribution in [-0.4, -0.2) is 36.5 Å². The second kappa shape index (κ2) is 9.74. The van der Waals surface area contributed by atoms with Crippen molar-refractivity contribution in [2.75, 3.05) is 13.7 Å². The normalized spacial score (nSPS) is 24.0. The number of aliphatic carboxylic acids is 1. The Morgan fingerprint density at radius 3 is 2.36 bits per heavy atom. The Morgan fingerprint density at radius 1 is 0.972 bits per heavy atom. The topological polar surface area (TPSA) is 83.5 Å². The fourth-order valence-corrected chi connectivity index (χ4v) is 5.02. The van der Waals surface area contributed by atoms with Gasteiger partial charge in [0.2, 0.25) is 0 Å². The molecule has 0 aliphatic carbocycles. The highest BCUT2D eigenvalue weighted by Gasteiger charge is 2.52. The smallest absolute Gasteiger partial charge is 0.309 e. The summed E-state index contributed by atoms with van der Waals surface area (Å²) in [5, 5.41) is 10.0. The van der Waals surface area contributed by atoms with Crippen molar-refractivity contribution in [2.24, 2.45) is 11.8 Å². The van der Waals surface area contributed by atoms with Gasteiger partial charge in [0.05, 0.1) is 19.1 Å². The predicted octanol–water partition coefficient (Wildman–Crippen LogP) is 5.88. The molecule has 1 N–H and O–H groups in total. The summed E-state index contributed by atoms with van der Waals surface area (Å²) in [6.45, 7) is 4.08. The number of carboxylic acids is 1. The lowest BCUT2D eigenvalue weighted by Crippen LogP contribution is -2.53. The van der Waals surface area contributed by atoms with E-state index in [1.54, 1.807) is 31.4 Å². The fraction of sp³-hybridized carbons (Fsp3) is 0.345. The first-order valence-corrected chi connectivity index (χ1v) is 12.0. The van der Waals surface area contributed by atoms with Crippen molar-refractivity contribution in [3.05, 3.63) is 78.4 Å². The summed E-state index contributed by atoms with van der Waals surface area (Å²) in [7, 11) is 1.60. The van der Waals surface area contributed by atoms with Crippen molar-refractivity contribution in [2.45, 2.75) is 38.1 Å². The SMILES string of the molecule is COc1ccc(OC[C@@H]2O[C@@H]3c4cc(Oc5ccccc5)ccc4OC(C)(C)[C@H]3C[C@H]2C(=O)O)cc1. The van der Waals surface area contributed by atoms with E-state index in [1.165, 1.54) is 0 Å². The standard InChI is InChI=1S/C29H30O7/c1-29(2)24-16-23(28(30)31)26(17-33-19-11-9-18(32-3)10-12-19)35-27(24)22-15-21(13-14-25(22)36-29)34-20-7-5-4-6-8-20/h4-15,23-24,26-27H,16-17H2,1-3H3,(H,30,31)/t23-,24+,26+,27-/m1/s1. The predicted molar refractivity (Wildman–Crippen MR) is 133 cm³/mol. The van der Waals surface area contributed by atoms with Gasteiger partial charge in [0.25, 0.3) is 0 Å². The molecule has 0 bridgehead atoms. The third kappa shape index (κ3) is 4.84. The molecule has 2 aliphatic rings. The summed E-state index contributed by atoms with van der Waals surface area (Å²) in [5.41, 5.74) is 0.251. The molecule has 4 atom stereocenters. The van der Waals surface area contributed by atoms with Crippen LogP contribution in [0.5, 0.6) is 28.7 Å². The van der Waals surface area contributed by atoms with Crippen molar-refractivity contribution >= 4 is 5.97 Å². The summed E-state index contributed by atoms with van der Waals surface area (Å²) in [5.74, 6) is 1.66. The van der Waals surface area contributed by atoms with Crippen LogP contribution < -0.4 is 18.9 Å². The van der Waals surface area contributed by atoms with Crippen molar-refractivity contribution < 1.29 is 33.6 Å². The summed E-state index contributed by atoms with van der Waals surface area (Å²) >= 11 is 0. The molecular formula is C29H30O7. The van der Waals surface area contributed by atoms with Crippen LogP contribution in [0.1, 0.15) is 31.9 Å². The first-order chi connectivity index (χ1) is 17.3. The fourth-order valence-electron chi connectivity index (χ4n) is 5.02. The average molecular weight is 491 g/mol. The number of carbonyl (C=O) groups is 1. The molecule has 3 aromatic carbocycles. The number of hydrogen-bond donors (Lipinski definition) is 1. The zero-order valence-corrected chi connectivity index (χ0v) is 20.5. The molecule has 0 aromatic heterocycles. The Hall–Kier alpha value is -3.71. The van der Waals surface area contributed by atoms with E-state index in [0.717, 1.165) is 17.1 Å². The largest absolute Gasteiger partial charge is 0.497 e. The van der Waals surface area contributed by atoms with E-state index in [9.17, 15) is 9.90 Å². The Bertz CT molecular complexity index is 1210. The van der Waals surface area contributed by atoms with E-state index in [-0.39, 0.29) is 18.6 Å². The monoisotopic (exact) mass is 490 g/mol. The zero-order valence-electron chi connectivity index (χ0n) is 20.5. The maximum Gasteiger partial charge on any atom is 0.309 e. The molecule has 0 saturated carbocycles. The van der Waals surface area contributed by atoms with Gasteiger partial charge in [-0.2, -0.15) is 0 Å². The van der Waals surface area contributed by atoms with Crippen LogP contribution in [0, 0.1) is 11.8 Å². The van der Waals surface area contributed by atoms with Gasteiger partial charge in [0.1, 0.15) is 47.1 Å².